The molecule has 3 aromatic rings. The maximum atomic E-state index is 14.2. The Kier molecular flexibility index (Phi) is 5.14. The molecule has 0 aliphatic rings. The number of rotatable bonds is 3. The SMILES string of the molecule is CCN(C(=O)n1nnc(-c2c(F)cccc2Cl)c1C#N)c1ccccc1F. The Morgan fingerprint density at radius 2 is 1.93 bits per heavy atom. The summed E-state index contributed by atoms with van der Waals surface area (Å²) in [4.78, 5) is 14.0. The largest absolute Gasteiger partial charge is 0.351 e. The van der Waals surface area contributed by atoms with Gasteiger partial charge < -0.3 is 0 Å². The molecule has 0 unspecified atom stereocenters. The van der Waals surface area contributed by atoms with Gasteiger partial charge in [0, 0.05) is 6.54 Å². The van der Waals surface area contributed by atoms with Crippen molar-refractivity contribution in [2.45, 2.75) is 6.92 Å². The lowest BCUT2D eigenvalue weighted by Gasteiger charge is -2.20. The highest BCUT2D eigenvalue weighted by Crippen LogP contribution is 2.31. The van der Waals surface area contributed by atoms with E-state index in [1.54, 1.807) is 19.1 Å². The number of amides is 1. The van der Waals surface area contributed by atoms with Crippen LogP contribution >= 0.6 is 11.6 Å². The number of para-hydroxylation sites is 1. The molecule has 0 aliphatic carbocycles. The summed E-state index contributed by atoms with van der Waals surface area (Å²) in [6.45, 7) is 1.75. The van der Waals surface area contributed by atoms with Crippen LogP contribution in [-0.4, -0.2) is 27.6 Å². The van der Waals surface area contributed by atoms with E-state index in [1.807, 2.05) is 0 Å². The van der Waals surface area contributed by atoms with Crippen molar-refractivity contribution in [3.8, 4) is 17.3 Å². The summed E-state index contributed by atoms with van der Waals surface area (Å²) in [5.74, 6) is -1.32. The van der Waals surface area contributed by atoms with Gasteiger partial charge in [-0.1, -0.05) is 35.0 Å². The minimum Gasteiger partial charge on any atom is -0.290 e. The van der Waals surface area contributed by atoms with Crippen molar-refractivity contribution in [1.29, 1.82) is 5.26 Å². The van der Waals surface area contributed by atoms with Crippen LogP contribution in [0.2, 0.25) is 5.02 Å². The van der Waals surface area contributed by atoms with E-state index < -0.39 is 17.7 Å². The van der Waals surface area contributed by atoms with Crippen LogP contribution in [0.25, 0.3) is 11.3 Å². The van der Waals surface area contributed by atoms with Crippen LogP contribution in [0.4, 0.5) is 19.3 Å². The summed E-state index contributed by atoms with van der Waals surface area (Å²) < 4.78 is 29.0. The molecule has 1 amide bonds. The molecule has 0 radical (unpaired) electrons. The van der Waals surface area contributed by atoms with Crippen molar-refractivity contribution in [1.82, 2.24) is 15.0 Å². The molecular formula is C18H12ClF2N5O. The third-order valence-corrected chi connectivity index (χ3v) is 4.16. The number of hydrogen-bond donors (Lipinski definition) is 0. The van der Waals surface area contributed by atoms with Gasteiger partial charge in [-0.25, -0.2) is 13.6 Å². The fraction of sp³-hybridized carbons (Fsp3) is 0.111. The lowest BCUT2D eigenvalue weighted by molar-refractivity contribution is 0.244. The fourth-order valence-corrected chi connectivity index (χ4v) is 2.85. The Labute approximate surface area is 158 Å². The van der Waals surface area contributed by atoms with Gasteiger partial charge in [-0.15, -0.1) is 9.78 Å². The van der Waals surface area contributed by atoms with Crippen LogP contribution in [0.1, 0.15) is 12.6 Å². The Morgan fingerprint density at radius 3 is 2.56 bits per heavy atom. The van der Waals surface area contributed by atoms with E-state index in [4.69, 9.17) is 11.6 Å². The molecular weight excluding hydrogens is 376 g/mol. The second kappa shape index (κ2) is 7.51. The van der Waals surface area contributed by atoms with Crippen molar-refractivity contribution in [3.05, 3.63) is 64.8 Å². The van der Waals surface area contributed by atoms with E-state index in [-0.39, 0.29) is 34.2 Å². The molecule has 0 spiro atoms. The molecule has 6 nitrogen and oxygen atoms in total. The first kappa shape index (κ1) is 18.5. The second-order valence-electron chi connectivity index (χ2n) is 5.39. The topological polar surface area (TPSA) is 74.8 Å². The van der Waals surface area contributed by atoms with Gasteiger partial charge in [0.1, 0.15) is 23.4 Å². The van der Waals surface area contributed by atoms with E-state index in [1.165, 1.54) is 30.3 Å². The monoisotopic (exact) mass is 387 g/mol. The van der Waals surface area contributed by atoms with E-state index in [0.29, 0.717) is 4.68 Å². The molecule has 0 aliphatic heterocycles. The summed E-state index contributed by atoms with van der Waals surface area (Å²) in [5.41, 5.74) is -0.584. The minimum absolute atomic E-state index is 0.0208. The predicted octanol–water partition coefficient (Wildman–Crippen LogP) is 4.24. The zero-order valence-electron chi connectivity index (χ0n) is 14.0. The fourth-order valence-electron chi connectivity index (χ4n) is 2.60. The molecule has 0 bridgehead atoms. The van der Waals surface area contributed by atoms with Crippen molar-refractivity contribution in [2.24, 2.45) is 0 Å². The highest BCUT2D eigenvalue weighted by Gasteiger charge is 2.27. The number of carbonyl (C=O) groups excluding carboxylic acids is 1. The second-order valence-corrected chi connectivity index (χ2v) is 5.79. The zero-order chi connectivity index (χ0) is 19.6. The maximum Gasteiger partial charge on any atom is 0.351 e. The van der Waals surface area contributed by atoms with Gasteiger partial charge in [0.25, 0.3) is 0 Å². The highest BCUT2D eigenvalue weighted by atomic mass is 35.5. The number of aromatic nitrogens is 3. The maximum absolute atomic E-state index is 14.2. The van der Waals surface area contributed by atoms with Gasteiger partial charge in [0.2, 0.25) is 0 Å². The first-order valence-electron chi connectivity index (χ1n) is 7.86. The molecule has 1 aromatic heterocycles. The summed E-state index contributed by atoms with van der Waals surface area (Å²) >= 11 is 6.02. The molecule has 0 atom stereocenters. The first-order chi connectivity index (χ1) is 13.0. The highest BCUT2D eigenvalue weighted by molar-refractivity contribution is 6.33. The summed E-state index contributed by atoms with van der Waals surface area (Å²) in [6.07, 6.45) is 0. The van der Waals surface area contributed by atoms with Crippen LogP contribution in [0.5, 0.6) is 0 Å². The van der Waals surface area contributed by atoms with Crippen molar-refractivity contribution < 1.29 is 13.6 Å². The Bertz CT molecular complexity index is 1040. The Morgan fingerprint density at radius 1 is 1.22 bits per heavy atom. The van der Waals surface area contributed by atoms with E-state index in [9.17, 15) is 18.8 Å². The molecule has 1 heterocycles. The first-order valence-corrected chi connectivity index (χ1v) is 8.24. The molecule has 9 heteroatoms. The molecule has 136 valence electrons. The third kappa shape index (κ3) is 3.25. The van der Waals surface area contributed by atoms with Crippen LogP contribution in [0.15, 0.2) is 42.5 Å². The number of benzene rings is 2. The minimum atomic E-state index is -0.801. The van der Waals surface area contributed by atoms with Crippen LogP contribution in [0.3, 0.4) is 0 Å². The van der Waals surface area contributed by atoms with Gasteiger partial charge in [-0.2, -0.15) is 5.26 Å². The smallest absolute Gasteiger partial charge is 0.290 e. The van der Waals surface area contributed by atoms with Crippen molar-refractivity contribution in [3.63, 3.8) is 0 Å². The zero-order valence-corrected chi connectivity index (χ0v) is 14.8. The van der Waals surface area contributed by atoms with E-state index in [0.717, 1.165) is 11.0 Å². The average Bonchev–Trinajstić information content (AvgIpc) is 3.07. The van der Waals surface area contributed by atoms with E-state index >= 15 is 0 Å². The van der Waals surface area contributed by atoms with Gasteiger partial charge in [0.05, 0.1) is 16.3 Å². The third-order valence-electron chi connectivity index (χ3n) is 3.85. The number of anilines is 1. The van der Waals surface area contributed by atoms with Gasteiger partial charge in [-0.05, 0) is 31.2 Å². The predicted molar refractivity (Wildman–Crippen MR) is 95.4 cm³/mol. The molecule has 2 aromatic carbocycles. The summed E-state index contributed by atoms with van der Waals surface area (Å²) in [7, 11) is 0. The number of nitriles is 1. The van der Waals surface area contributed by atoms with Gasteiger partial charge in [0.15, 0.2) is 5.69 Å². The van der Waals surface area contributed by atoms with Crippen molar-refractivity contribution >= 4 is 23.3 Å². The molecule has 0 saturated heterocycles. The number of carbonyl (C=O) groups is 1. The lowest BCUT2D eigenvalue weighted by Crippen LogP contribution is -2.36. The van der Waals surface area contributed by atoms with Crippen LogP contribution in [-0.2, 0) is 0 Å². The Hall–Kier alpha value is -3.31. The average molecular weight is 388 g/mol. The normalized spacial score (nSPS) is 10.5. The van der Waals surface area contributed by atoms with Crippen LogP contribution < -0.4 is 4.90 Å². The molecule has 3 rings (SSSR count). The molecule has 0 fully saturated rings. The summed E-state index contributed by atoms with van der Waals surface area (Å²) in [6, 6.07) is 10.7. The molecule has 0 N–H and O–H groups in total. The van der Waals surface area contributed by atoms with Crippen molar-refractivity contribution in [2.75, 3.05) is 11.4 Å². The Balaban J connectivity index is 2.11. The quantitative estimate of drug-likeness (QED) is 0.673. The van der Waals surface area contributed by atoms with E-state index in [2.05, 4.69) is 10.3 Å². The molecule has 0 saturated carbocycles. The number of halogens is 3. The van der Waals surface area contributed by atoms with Gasteiger partial charge in [-0.3, -0.25) is 4.90 Å². The standard InChI is InChI=1S/C18H12ClF2N5O/c1-2-25(14-9-4-3-7-12(14)20)18(27)26-15(10-22)17(23-24-26)16-11(19)6-5-8-13(16)21/h3-9H,2H2,1H3. The van der Waals surface area contributed by atoms with Crippen LogP contribution in [0, 0.1) is 23.0 Å². The summed E-state index contributed by atoms with van der Waals surface area (Å²) in [5, 5.41) is 17.0. The lowest BCUT2D eigenvalue weighted by atomic mass is 10.1. The number of nitrogens with zero attached hydrogens (tertiary/aromatic N) is 5. The van der Waals surface area contributed by atoms with Gasteiger partial charge >= 0.3 is 6.03 Å². The number of hydrogen-bond acceptors (Lipinski definition) is 4. The molecule has 27 heavy (non-hydrogen) atoms.